The summed E-state index contributed by atoms with van der Waals surface area (Å²) in [5.41, 5.74) is 2.98. The number of aromatic nitrogens is 1. The fourth-order valence-corrected chi connectivity index (χ4v) is 4.60. The van der Waals surface area contributed by atoms with Crippen molar-refractivity contribution in [3.05, 3.63) is 65.7 Å². The molecule has 0 radical (unpaired) electrons. The first-order valence-corrected chi connectivity index (χ1v) is 10.9. The third-order valence-corrected chi connectivity index (χ3v) is 6.13. The SMILES string of the molecule is COc1ccccc1N(C(C)=O)c1nc(CN2CCN(c3ccccc3)CC2)cs1. The van der Waals surface area contributed by atoms with Gasteiger partial charge in [0.1, 0.15) is 5.75 Å². The van der Waals surface area contributed by atoms with Gasteiger partial charge in [-0.05, 0) is 24.3 Å². The molecule has 2 heterocycles. The van der Waals surface area contributed by atoms with Gasteiger partial charge in [0.05, 0.1) is 18.5 Å². The molecule has 4 rings (SSSR count). The highest BCUT2D eigenvalue weighted by Crippen LogP contribution is 2.35. The molecule has 0 N–H and O–H groups in total. The van der Waals surface area contributed by atoms with Crippen molar-refractivity contribution in [3.63, 3.8) is 0 Å². The Hall–Kier alpha value is -2.90. The molecule has 30 heavy (non-hydrogen) atoms. The number of hydrogen-bond donors (Lipinski definition) is 0. The number of anilines is 3. The van der Waals surface area contributed by atoms with Crippen LogP contribution in [0.3, 0.4) is 0 Å². The first kappa shape index (κ1) is 20.4. The summed E-state index contributed by atoms with van der Waals surface area (Å²) in [5, 5.41) is 2.72. The Morgan fingerprint density at radius 3 is 2.47 bits per heavy atom. The minimum Gasteiger partial charge on any atom is -0.495 e. The maximum Gasteiger partial charge on any atom is 0.230 e. The maximum absolute atomic E-state index is 12.4. The molecule has 0 bridgehead atoms. The van der Waals surface area contributed by atoms with Gasteiger partial charge in [0, 0.05) is 50.7 Å². The van der Waals surface area contributed by atoms with Crippen LogP contribution in [0.5, 0.6) is 5.75 Å². The predicted octanol–water partition coefficient (Wildman–Crippen LogP) is 4.16. The number of methoxy groups -OCH3 is 1. The Kier molecular flexibility index (Phi) is 6.30. The van der Waals surface area contributed by atoms with Crippen LogP contribution in [-0.2, 0) is 11.3 Å². The quantitative estimate of drug-likeness (QED) is 0.597. The number of piperazine rings is 1. The molecule has 1 aliphatic rings. The van der Waals surface area contributed by atoms with Crippen molar-refractivity contribution in [2.75, 3.05) is 43.1 Å². The minimum absolute atomic E-state index is 0.0862. The summed E-state index contributed by atoms with van der Waals surface area (Å²) in [4.78, 5) is 23.6. The standard InChI is InChI=1S/C23H26N4O2S/c1-18(28)27(21-10-6-7-11-22(21)29-2)23-24-19(17-30-23)16-25-12-14-26(15-13-25)20-8-4-3-5-9-20/h3-11,17H,12-16H2,1-2H3. The molecule has 0 spiro atoms. The van der Waals surface area contributed by atoms with Crippen LogP contribution in [0, 0.1) is 0 Å². The summed E-state index contributed by atoms with van der Waals surface area (Å²) in [6.45, 7) is 6.33. The largest absolute Gasteiger partial charge is 0.495 e. The highest BCUT2D eigenvalue weighted by Gasteiger charge is 2.23. The molecule has 0 atom stereocenters. The first-order valence-electron chi connectivity index (χ1n) is 10.1. The van der Waals surface area contributed by atoms with Gasteiger partial charge < -0.3 is 9.64 Å². The van der Waals surface area contributed by atoms with Crippen LogP contribution < -0.4 is 14.5 Å². The third-order valence-electron chi connectivity index (χ3n) is 5.25. The molecule has 0 unspecified atom stereocenters. The molecule has 0 saturated carbocycles. The third kappa shape index (κ3) is 4.47. The van der Waals surface area contributed by atoms with Gasteiger partial charge >= 0.3 is 0 Å². The van der Waals surface area contributed by atoms with Crippen LogP contribution in [0.4, 0.5) is 16.5 Å². The van der Waals surface area contributed by atoms with E-state index in [0.717, 1.165) is 38.4 Å². The number of thiazole rings is 1. The molecule has 6 nitrogen and oxygen atoms in total. The maximum atomic E-state index is 12.4. The lowest BCUT2D eigenvalue weighted by Crippen LogP contribution is -2.46. The van der Waals surface area contributed by atoms with E-state index >= 15 is 0 Å². The molecule has 0 aliphatic carbocycles. The Morgan fingerprint density at radius 1 is 1.07 bits per heavy atom. The average molecular weight is 423 g/mol. The van der Waals surface area contributed by atoms with E-state index in [0.29, 0.717) is 16.6 Å². The summed E-state index contributed by atoms with van der Waals surface area (Å²) in [5.74, 6) is 0.568. The molecule has 7 heteroatoms. The van der Waals surface area contributed by atoms with Crippen molar-refractivity contribution in [1.82, 2.24) is 9.88 Å². The lowest BCUT2D eigenvalue weighted by molar-refractivity contribution is -0.115. The van der Waals surface area contributed by atoms with Crippen molar-refractivity contribution in [3.8, 4) is 5.75 Å². The smallest absolute Gasteiger partial charge is 0.230 e. The minimum atomic E-state index is -0.0862. The highest BCUT2D eigenvalue weighted by atomic mass is 32.1. The molecule has 156 valence electrons. The number of hydrogen-bond acceptors (Lipinski definition) is 6. The van der Waals surface area contributed by atoms with E-state index in [1.54, 1.807) is 18.9 Å². The van der Waals surface area contributed by atoms with E-state index in [9.17, 15) is 4.79 Å². The fraction of sp³-hybridized carbons (Fsp3) is 0.304. The van der Waals surface area contributed by atoms with Crippen LogP contribution in [0.2, 0.25) is 0 Å². The van der Waals surface area contributed by atoms with Gasteiger partial charge in [-0.1, -0.05) is 30.3 Å². The zero-order valence-electron chi connectivity index (χ0n) is 17.3. The van der Waals surface area contributed by atoms with E-state index in [1.807, 2.05) is 29.6 Å². The summed E-state index contributed by atoms with van der Waals surface area (Å²) < 4.78 is 5.44. The Balaban J connectivity index is 1.43. The lowest BCUT2D eigenvalue weighted by Gasteiger charge is -2.35. The number of para-hydroxylation sites is 3. The zero-order valence-corrected chi connectivity index (χ0v) is 18.1. The number of amides is 1. The second kappa shape index (κ2) is 9.28. The van der Waals surface area contributed by atoms with Gasteiger partial charge in [0.25, 0.3) is 0 Å². The molecule has 1 saturated heterocycles. The highest BCUT2D eigenvalue weighted by molar-refractivity contribution is 7.14. The normalized spacial score (nSPS) is 14.5. The van der Waals surface area contributed by atoms with E-state index in [2.05, 4.69) is 40.1 Å². The van der Waals surface area contributed by atoms with Gasteiger partial charge in [-0.3, -0.25) is 14.6 Å². The number of carbonyl (C=O) groups is 1. The van der Waals surface area contributed by atoms with Gasteiger partial charge in [-0.2, -0.15) is 0 Å². The molecule has 3 aromatic rings. The van der Waals surface area contributed by atoms with Gasteiger partial charge in [0.2, 0.25) is 5.91 Å². The van der Waals surface area contributed by atoms with Crippen LogP contribution in [-0.4, -0.2) is 49.1 Å². The number of benzene rings is 2. The Morgan fingerprint density at radius 2 is 1.77 bits per heavy atom. The molecule has 1 aromatic heterocycles. The van der Waals surface area contributed by atoms with Crippen molar-refractivity contribution in [1.29, 1.82) is 0 Å². The van der Waals surface area contributed by atoms with Crippen molar-refractivity contribution in [2.24, 2.45) is 0 Å². The number of ether oxygens (including phenoxy) is 1. The summed E-state index contributed by atoms with van der Waals surface area (Å²) in [6, 6.07) is 18.1. The van der Waals surface area contributed by atoms with Gasteiger partial charge in [-0.25, -0.2) is 4.98 Å². The Labute approximate surface area is 181 Å². The van der Waals surface area contributed by atoms with Crippen molar-refractivity contribution in [2.45, 2.75) is 13.5 Å². The molecular formula is C23H26N4O2S. The Bertz CT molecular complexity index is 984. The first-order chi connectivity index (χ1) is 14.7. The monoisotopic (exact) mass is 422 g/mol. The number of rotatable bonds is 6. The number of carbonyl (C=O) groups excluding carboxylic acids is 1. The molecule has 1 fully saturated rings. The van der Waals surface area contributed by atoms with E-state index in [-0.39, 0.29) is 5.91 Å². The molecular weight excluding hydrogens is 396 g/mol. The molecule has 1 amide bonds. The number of nitrogens with zero attached hydrogens (tertiary/aromatic N) is 4. The molecule has 1 aliphatic heterocycles. The average Bonchev–Trinajstić information content (AvgIpc) is 3.23. The second-order valence-corrected chi connectivity index (χ2v) is 8.08. The summed E-state index contributed by atoms with van der Waals surface area (Å²) in [6.07, 6.45) is 0. The van der Waals surface area contributed by atoms with Crippen LogP contribution in [0.1, 0.15) is 12.6 Å². The predicted molar refractivity (Wildman–Crippen MR) is 122 cm³/mol. The summed E-state index contributed by atoms with van der Waals surface area (Å²) >= 11 is 1.49. The van der Waals surface area contributed by atoms with Crippen molar-refractivity contribution >= 4 is 33.8 Å². The second-order valence-electron chi connectivity index (χ2n) is 7.25. The van der Waals surface area contributed by atoms with Gasteiger partial charge in [-0.15, -0.1) is 11.3 Å². The van der Waals surface area contributed by atoms with Crippen LogP contribution >= 0.6 is 11.3 Å². The van der Waals surface area contributed by atoms with E-state index in [1.165, 1.54) is 17.0 Å². The van der Waals surface area contributed by atoms with Gasteiger partial charge in [0.15, 0.2) is 5.13 Å². The zero-order chi connectivity index (χ0) is 20.9. The molecule has 2 aromatic carbocycles. The van der Waals surface area contributed by atoms with E-state index < -0.39 is 0 Å². The lowest BCUT2D eigenvalue weighted by atomic mass is 10.2. The van der Waals surface area contributed by atoms with Crippen molar-refractivity contribution < 1.29 is 9.53 Å². The van der Waals surface area contributed by atoms with E-state index in [4.69, 9.17) is 9.72 Å². The topological polar surface area (TPSA) is 48.9 Å². The summed E-state index contributed by atoms with van der Waals surface area (Å²) in [7, 11) is 1.61. The van der Waals surface area contributed by atoms with Crippen LogP contribution in [0.15, 0.2) is 60.0 Å². The van der Waals surface area contributed by atoms with Crippen LogP contribution in [0.25, 0.3) is 0 Å². The fourth-order valence-electron chi connectivity index (χ4n) is 3.73.